The van der Waals surface area contributed by atoms with Crippen LogP contribution in [0.1, 0.15) is 23.4 Å². The first-order valence-electron chi connectivity index (χ1n) is 8.87. The largest absolute Gasteiger partial charge is 0.361 e. The molecule has 4 rings (SSSR count). The van der Waals surface area contributed by atoms with Gasteiger partial charge in [-0.2, -0.15) is 0 Å². The van der Waals surface area contributed by atoms with Crippen LogP contribution in [0.4, 0.5) is 5.95 Å². The molecule has 0 radical (unpaired) electrons. The van der Waals surface area contributed by atoms with Crippen molar-refractivity contribution in [3.63, 3.8) is 0 Å². The van der Waals surface area contributed by atoms with Gasteiger partial charge in [-0.25, -0.2) is 0 Å². The summed E-state index contributed by atoms with van der Waals surface area (Å²) in [6, 6.07) is 5.86. The number of nitrogens with zero attached hydrogens (tertiary/aromatic N) is 6. The van der Waals surface area contributed by atoms with E-state index in [1.807, 2.05) is 47.5 Å². The Morgan fingerprint density at radius 1 is 1.15 bits per heavy atom. The van der Waals surface area contributed by atoms with Crippen LogP contribution in [0.3, 0.4) is 0 Å². The number of amides is 1. The van der Waals surface area contributed by atoms with Crippen LogP contribution < -0.4 is 4.90 Å². The number of pyridine rings is 1. The van der Waals surface area contributed by atoms with Crippen molar-refractivity contribution in [3.05, 3.63) is 41.4 Å². The van der Waals surface area contributed by atoms with Crippen molar-refractivity contribution >= 4 is 17.5 Å². The lowest BCUT2D eigenvalue weighted by atomic mass is 10.1. The molecule has 1 fully saturated rings. The predicted molar refractivity (Wildman–Crippen MR) is 96.1 cm³/mol. The number of anilines is 1. The summed E-state index contributed by atoms with van der Waals surface area (Å²) in [5.74, 6) is 1.68. The van der Waals surface area contributed by atoms with Crippen LogP contribution in [0.2, 0.25) is 0 Å². The van der Waals surface area contributed by atoms with E-state index in [1.54, 1.807) is 0 Å². The van der Waals surface area contributed by atoms with Gasteiger partial charge >= 0.3 is 0 Å². The Balaban J connectivity index is 1.45. The maximum atomic E-state index is 12.7. The van der Waals surface area contributed by atoms with Gasteiger partial charge in [0.05, 0.1) is 12.1 Å². The monoisotopic (exact) mass is 354 g/mol. The summed E-state index contributed by atoms with van der Waals surface area (Å²) in [4.78, 5) is 16.9. The third-order valence-corrected chi connectivity index (χ3v) is 4.94. The molecule has 0 aliphatic carbocycles. The summed E-state index contributed by atoms with van der Waals surface area (Å²) in [7, 11) is 0. The third kappa shape index (κ3) is 3.02. The fraction of sp³-hybridized carbons (Fsp3) is 0.444. The van der Waals surface area contributed by atoms with Crippen LogP contribution in [0.25, 0.3) is 5.65 Å². The normalized spacial score (nSPS) is 15.5. The van der Waals surface area contributed by atoms with Gasteiger partial charge in [0, 0.05) is 37.9 Å². The fourth-order valence-electron chi connectivity index (χ4n) is 3.43. The highest BCUT2D eigenvalue weighted by molar-refractivity contribution is 5.79. The molecule has 0 saturated carbocycles. The van der Waals surface area contributed by atoms with Gasteiger partial charge in [0.25, 0.3) is 0 Å². The van der Waals surface area contributed by atoms with Gasteiger partial charge in [-0.15, -0.1) is 10.2 Å². The molecule has 3 aromatic heterocycles. The zero-order valence-electron chi connectivity index (χ0n) is 15.1. The molecular formula is C18H22N6O2. The zero-order valence-corrected chi connectivity index (χ0v) is 15.1. The highest BCUT2D eigenvalue weighted by atomic mass is 16.5. The number of carbonyl (C=O) groups excluding carboxylic acids is 1. The molecule has 0 N–H and O–H groups in total. The van der Waals surface area contributed by atoms with Crippen molar-refractivity contribution in [3.8, 4) is 0 Å². The minimum absolute atomic E-state index is 0.118. The average molecular weight is 354 g/mol. The van der Waals surface area contributed by atoms with E-state index in [1.165, 1.54) is 0 Å². The molecular weight excluding hydrogens is 332 g/mol. The molecule has 4 heterocycles. The minimum atomic E-state index is 0.118. The second-order valence-corrected chi connectivity index (χ2v) is 6.63. The molecule has 136 valence electrons. The Hall–Kier alpha value is -2.90. The van der Waals surface area contributed by atoms with Crippen molar-refractivity contribution in [1.82, 2.24) is 24.7 Å². The quantitative estimate of drug-likeness (QED) is 0.711. The average Bonchev–Trinajstić information content (AvgIpc) is 3.10. The summed E-state index contributed by atoms with van der Waals surface area (Å²) in [6.07, 6.45) is 3.21. The molecule has 0 aromatic carbocycles. The number of aromatic nitrogens is 4. The molecule has 26 heavy (non-hydrogen) atoms. The highest BCUT2D eigenvalue weighted by Crippen LogP contribution is 2.18. The predicted octanol–water partition coefficient (Wildman–Crippen LogP) is 1.62. The summed E-state index contributed by atoms with van der Waals surface area (Å²) < 4.78 is 7.16. The maximum Gasteiger partial charge on any atom is 0.231 e. The number of carbonyl (C=O) groups is 1. The van der Waals surface area contributed by atoms with E-state index in [9.17, 15) is 4.79 Å². The van der Waals surface area contributed by atoms with E-state index in [2.05, 4.69) is 20.3 Å². The first kappa shape index (κ1) is 16.6. The van der Waals surface area contributed by atoms with Crippen molar-refractivity contribution in [1.29, 1.82) is 0 Å². The molecule has 1 aliphatic rings. The van der Waals surface area contributed by atoms with Crippen LogP contribution >= 0.6 is 0 Å². The van der Waals surface area contributed by atoms with Crippen LogP contribution in [0.5, 0.6) is 0 Å². The van der Waals surface area contributed by atoms with Gasteiger partial charge < -0.3 is 14.3 Å². The van der Waals surface area contributed by atoms with Gasteiger partial charge in [-0.05, 0) is 32.4 Å². The van der Waals surface area contributed by atoms with Crippen molar-refractivity contribution in [2.24, 2.45) is 0 Å². The van der Waals surface area contributed by atoms with E-state index < -0.39 is 0 Å². The van der Waals surface area contributed by atoms with E-state index in [-0.39, 0.29) is 5.91 Å². The lowest BCUT2D eigenvalue weighted by Gasteiger charge is -2.22. The topological polar surface area (TPSA) is 79.8 Å². The van der Waals surface area contributed by atoms with Crippen molar-refractivity contribution in [2.75, 3.05) is 31.1 Å². The molecule has 0 spiro atoms. The maximum absolute atomic E-state index is 12.7. The van der Waals surface area contributed by atoms with Crippen molar-refractivity contribution in [2.45, 2.75) is 26.7 Å². The lowest BCUT2D eigenvalue weighted by molar-refractivity contribution is -0.130. The first-order chi connectivity index (χ1) is 12.6. The van der Waals surface area contributed by atoms with Crippen LogP contribution in [-0.2, 0) is 11.2 Å². The third-order valence-electron chi connectivity index (χ3n) is 4.94. The van der Waals surface area contributed by atoms with E-state index in [4.69, 9.17) is 4.52 Å². The summed E-state index contributed by atoms with van der Waals surface area (Å²) >= 11 is 0. The Morgan fingerprint density at radius 2 is 2.04 bits per heavy atom. The van der Waals surface area contributed by atoms with Gasteiger partial charge in [-0.3, -0.25) is 9.20 Å². The number of hydrogen-bond acceptors (Lipinski definition) is 6. The molecule has 0 bridgehead atoms. The smallest absolute Gasteiger partial charge is 0.231 e. The molecule has 3 aromatic rings. The fourth-order valence-corrected chi connectivity index (χ4v) is 3.43. The Morgan fingerprint density at radius 3 is 2.85 bits per heavy atom. The van der Waals surface area contributed by atoms with E-state index in [0.717, 1.165) is 54.7 Å². The standard InChI is InChI=1S/C18H22N6O2/c1-13-15(14(2)26-21-13)12-17(25)22-7-5-8-23(11-10-22)18-20-19-16-6-3-4-9-24(16)18/h3-4,6,9H,5,7-8,10-12H2,1-2H3. The van der Waals surface area contributed by atoms with Crippen molar-refractivity contribution < 1.29 is 9.32 Å². The molecule has 1 aliphatic heterocycles. The summed E-state index contributed by atoms with van der Waals surface area (Å²) in [5, 5.41) is 12.5. The molecule has 1 saturated heterocycles. The summed E-state index contributed by atoms with van der Waals surface area (Å²) in [5.41, 5.74) is 2.53. The molecule has 8 heteroatoms. The SMILES string of the molecule is Cc1noc(C)c1CC(=O)N1CCCN(c2nnc3ccccn23)CC1. The van der Waals surface area contributed by atoms with E-state index in [0.29, 0.717) is 13.0 Å². The van der Waals surface area contributed by atoms with Gasteiger partial charge in [0.15, 0.2) is 5.65 Å². The molecule has 0 atom stereocenters. The Labute approximate surface area is 151 Å². The summed E-state index contributed by atoms with van der Waals surface area (Å²) in [6.45, 7) is 6.73. The van der Waals surface area contributed by atoms with E-state index >= 15 is 0 Å². The second-order valence-electron chi connectivity index (χ2n) is 6.63. The Kier molecular flexibility index (Phi) is 4.32. The molecule has 0 unspecified atom stereocenters. The lowest BCUT2D eigenvalue weighted by Crippen LogP contribution is -2.36. The Bertz CT molecular complexity index is 911. The van der Waals surface area contributed by atoms with Gasteiger partial charge in [0.2, 0.25) is 11.9 Å². The van der Waals surface area contributed by atoms with Crippen LogP contribution in [-0.4, -0.2) is 56.7 Å². The van der Waals surface area contributed by atoms with Crippen LogP contribution in [0.15, 0.2) is 28.9 Å². The zero-order chi connectivity index (χ0) is 18.1. The highest BCUT2D eigenvalue weighted by Gasteiger charge is 2.23. The number of rotatable bonds is 3. The minimum Gasteiger partial charge on any atom is -0.361 e. The van der Waals surface area contributed by atoms with Gasteiger partial charge in [0.1, 0.15) is 5.76 Å². The van der Waals surface area contributed by atoms with Gasteiger partial charge in [-0.1, -0.05) is 11.2 Å². The second kappa shape index (κ2) is 6.78. The number of hydrogen-bond donors (Lipinski definition) is 0. The van der Waals surface area contributed by atoms with Crippen LogP contribution in [0, 0.1) is 13.8 Å². The number of fused-ring (bicyclic) bond motifs is 1. The number of aryl methyl sites for hydroxylation is 2. The molecule has 8 nitrogen and oxygen atoms in total. The molecule has 1 amide bonds. The first-order valence-corrected chi connectivity index (χ1v) is 8.87.